The molecular weight excluding hydrogens is 276 g/mol. The largest absolute Gasteiger partial charge is 0.382 e. The minimum atomic E-state index is 0.423. The third kappa shape index (κ3) is 2.90. The molecule has 15 heavy (non-hydrogen) atoms. The highest BCUT2D eigenvalue weighted by atomic mass is 79.9. The Bertz CT molecular complexity index is 457. The lowest BCUT2D eigenvalue weighted by atomic mass is 10.4. The summed E-state index contributed by atoms with van der Waals surface area (Å²) in [7, 11) is 0. The molecule has 0 saturated heterocycles. The summed E-state index contributed by atoms with van der Waals surface area (Å²) in [4.78, 5) is 9.27. The van der Waals surface area contributed by atoms with Crippen LogP contribution in [0.1, 0.15) is 4.88 Å². The third-order valence-electron chi connectivity index (χ3n) is 1.72. The molecule has 78 valence electrons. The fourth-order valence-corrected chi connectivity index (χ4v) is 2.48. The van der Waals surface area contributed by atoms with E-state index in [0.717, 1.165) is 11.0 Å². The van der Waals surface area contributed by atoms with E-state index in [-0.39, 0.29) is 0 Å². The van der Waals surface area contributed by atoms with Crippen molar-refractivity contribution >= 4 is 38.9 Å². The van der Waals surface area contributed by atoms with Crippen LogP contribution in [0, 0.1) is 0 Å². The predicted octanol–water partition coefficient (Wildman–Crippen LogP) is 2.49. The second kappa shape index (κ2) is 4.59. The Hall–Kier alpha value is -1.14. The van der Waals surface area contributed by atoms with Crippen LogP contribution in [0.15, 0.2) is 28.3 Å². The zero-order valence-corrected chi connectivity index (χ0v) is 10.2. The summed E-state index contributed by atoms with van der Waals surface area (Å²) in [6, 6.07) is 2.07. The molecule has 2 aromatic heterocycles. The first-order chi connectivity index (χ1) is 7.24. The monoisotopic (exact) mass is 284 g/mol. The van der Waals surface area contributed by atoms with Crippen LogP contribution in [-0.4, -0.2) is 9.97 Å². The number of hydrogen-bond donors (Lipinski definition) is 2. The number of nitrogens with two attached hydrogens (primary N) is 1. The fourth-order valence-electron chi connectivity index (χ4n) is 1.09. The lowest BCUT2D eigenvalue weighted by Gasteiger charge is -2.03. The van der Waals surface area contributed by atoms with Crippen molar-refractivity contribution in [3.8, 4) is 0 Å². The van der Waals surface area contributed by atoms with Gasteiger partial charge < -0.3 is 11.1 Å². The molecule has 0 aliphatic heterocycles. The van der Waals surface area contributed by atoms with Gasteiger partial charge in [-0.2, -0.15) is 0 Å². The Kier molecular flexibility index (Phi) is 3.17. The van der Waals surface area contributed by atoms with Crippen LogP contribution in [0.5, 0.6) is 0 Å². The molecule has 2 rings (SSSR count). The lowest BCUT2D eigenvalue weighted by Crippen LogP contribution is -2.02. The van der Waals surface area contributed by atoms with Gasteiger partial charge in [-0.1, -0.05) is 0 Å². The van der Waals surface area contributed by atoms with E-state index in [1.807, 2.05) is 5.38 Å². The van der Waals surface area contributed by atoms with Crippen LogP contribution in [0.25, 0.3) is 0 Å². The first-order valence-electron chi connectivity index (χ1n) is 4.28. The Morgan fingerprint density at radius 3 is 3.00 bits per heavy atom. The van der Waals surface area contributed by atoms with Gasteiger partial charge >= 0.3 is 0 Å². The highest BCUT2D eigenvalue weighted by Crippen LogP contribution is 2.20. The van der Waals surface area contributed by atoms with Gasteiger partial charge in [-0.3, -0.25) is 4.98 Å². The Morgan fingerprint density at radius 1 is 1.47 bits per heavy atom. The van der Waals surface area contributed by atoms with Crippen molar-refractivity contribution in [1.82, 2.24) is 9.97 Å². The standard InChI is InChI=1S/C9H9BrN4S/c10-6-1-7(15-5-6)2-13-9-4-12-3-8(11)14-9/h1,3-5H,2H2,(H3,11,13,14). The molecule has 0 aliphatic rings. The van der Waals surface area contributed by atoms with Crippen molar-refractivity contribution < 1.29 is 0 Å². The average Bonchev–Trinajstić information content (AvgIpc) is 2.62. The number of aromatic nitrogens is 2. The number of nitrogen functional groups attached to an aromatic ring is 1. The topological polar surface area (TPSA) is 63.8 Å². The maximum Gasteiger partial charge on any atom is 0.147 e. The van der Waals surface area contributed by atoms with Gasteiger partial charge in [0.1, 0.15) is 11.6 Å². The first kappa shape index (κ1) is 10.4. The molecule has 0 aromatic carbocycles. The molecular formula is C9H9BrN4S. The van der Waals surface area contributed by atoms with Crippen LogP contribution >= 0.6 is 27.3 Å². The molecule has 3 N–H and O–H groups in total. The van der Waals surface area contributed by atoms with E-state index in [9.17, 15) is 0 Å². The van der Waals surface area contributed by atoms with Crippen LogP contribution in [0.2, 0.25) is 0 Å². The van der Waals surface area contributed by atoms with E-state index >= 15 is 0 Å². The van der Waals surface area contributed by atoms with Gasteiger partial charge in [0.2, 0.25) is 0 Å². The summed E-state index contributed by atoms with van der Waals surface area (Å²) in [6.45, 7) is 0.731. The average molecular weight is 285 g/mol. The molecule has 4 nitrogen and oxygen atoms in total. The second-order valence-corrected chi connectivity index (χ2v) is 4.83. The highest BCUT2D eigenvalue weighted by molar-refractivity contribution is 9.10. The van der Waals surface area contributed by atoms with Gasteiger partial charge in [0, 0.05) is 14.7 Å². The quantitative estimate of drug-likeness (QED) is 0.909. The molecule has 0 spiro atoms. The molecule has 0 aliphatic carbocycles. The molecule has 0 fully saturated rings. The van der Waals surface area contributed by atoms with Crippen molar-refractivity contribution in [1.29, 1.82) is 0 Å². The van der Waals surface area contributed by atoms with Gasteiger partial charge in [-0.05, 0) is 22.0 Å². The van der Waals surface area contributed by atoms with Gasteiger partial charge in [0.15, 0.2) is 0 Å². The second-order valence-electron chi connectivity index (χ2n) is 2.91. The molecule has 0 bridgehead atoms. The van der Waals surface area contributed by atoms with Crippen molar-refractivity contribution in [3.63, 3.8) is 0 Å². The molecule has 0 amide bonds. The third-order valence-corrected chi connectivity index (χ3v) is 3.42. The van der Waals surface area contributed by atoms with Crippen LogP contribution in [0.3, 0.4) is 0 Å². The summed E-state index contributed by atoms with van der Waals surface area (Å²) in [5, 5.41) is 5.19. The predicted molar refractivity (Wildman–Crippen MR) is 65.8 cm³/mol. The summed E-state index contributed by atoms with van der Waals surface area (Å²) in [5.74, 6) is 1.12. The molecule has 2 aromatic rings. The number of anilines is 2. The van der Waals surface area contributed by atoms with Crippen molar-refractivity contribution in [2.45, 2.75) is 6.54 Å². The summed E-state index contributed by atoms with van der Waals surface area (Å²) in [6.07, 6.45) is 3.17. The summed E-state index contributed by atoms with van der Waals surface area (Å²) < 4.78 is 1.10. The first-order valence-corrected chi connectivity index (χ1v) is 5.95. The van der Waals surface area contributed by atoms with E-state index in [4.69, 9.17) is 5.73 Å². The van der Waals surface area contributed by atoms with Gasteiger partial charge in [-0.25, -0.2) is 4.98 Å². The molecule has 6 heteroatoms. The molecule has 0 atom stereocenters. The number of halogens is 1. The SMILES string of the molecule is Nc1cncc(NCc2cc(Br)cs2)n1. The molecule has 0 saturated carbocycles. The number of nitrogens with one attached hydrogen (secondary N) is 1. The number of nitrogens with zero attached hydrogens (tertiary/aromatic N) is 2. The van der Waals surface area contributed by atoms with Gasteiger partial charge in [0.25, 0.3) is 0 Å². The molecule has 2 heterocycles. The van der Waals surface area contributed by atoms with E-state index in [1.54, 1.807) is 17.5 Å². The Balaban J connectivity index is 1.99. The van der Waals surface area contributed by atoms with Crippen LogP contribution in [0.4, 0.5) is 11.6 Å². The van der Waals surface area contributed by atoms with Crippen molar-refractivity contribution in [2.24, 2.45) is 0 Å². The van der Waals surface area contributed by atoms with E-state index in [2.05, 4.69) is 37.3 Å². The van der Waals surface area contributed by atoms with E-state index in [1.165, 1.54) is 11.1 Å². The van der Waals surface area contributed by atoms with Crippen LogP contribution < -0.4 is 11.1 Å². The Morgan fingerprint density at radius 2 is 2.33 bits per heavy atom. The molecule has 0 unspecified atom stereocenters. The van der Waals surface area contributed by atoms with Gasteiger partial charge in [-0.15, -0.1) is 11.3 Å². The van der Waals surface area contributed by atoms with E-state index in [0.29, 0.717) is 11.6 Å². The summed E-state index contributed by atoms with van der Waals surface area (Å²) in [5.41, 5.74) is 5.51. The van der Waals surface area contributed by atoms with Crippen LogP contribution in [-0.2, 0) is 6.54 Å². The number of thiophene rings is 1. The zero-order valence-electron chi connectivity index (χ0n) is 7.77. The summed E-state index contributed by atoms with van der Waals surface area (Å²) >= 11 is 5.09. The minimum absolute atomic E-state index is 0.423. The maximum atomic E-state index is 5.51. The smallest absolute Gasteiger partial charge is 0.147 e. The highest BCUT2D eigenvalue weighted by Gasteiger charge is 1.99. The lowest BCUT2D eigenvalue weighted by molar-refractivity contribution is 1.11. The zero-order chi connectivity index (χ0) is 10.7. The van der Waals surface area contributed by atoms with Crippen molar-refractivity contribution in [3.05, 3.63) is 33.2 Å². The van der Waals surface area contributed by atoms with Gasteiger partial charge in [0.05, 0.1) is 18.9 Å². The fraction of sp³-hybridized carbons (Fsp3) is 0.111. The normalized spacial score (nSPS) is 10.2. The number of rotatable bonds is 3. The molecule has 0 radical (unpaired) electrons. The van der Waals surface area contributed by atoms with E-state index < -0.39 is 0 Å². The minimum Gasteiger partial charge on any atom is -0.382 e. The Labute approximate surface area is 99.7 Å². The number of hydrogen-bond acceptors (Lipinski definition) is 5. The maximum absolute atomic E-state index is 5.51. The van der Waals surface area contributed by atoms with Crippen molar-refractivity contribution in [2.75, 3.05) is 11.1 Å².